The van der Waals surface area contributed by atoms with E-state index in [1.54, 1.807) is 0 Å². The van der Waals surface area contributed by atoms with Crippen LogP contribution in [0.1, 0.15) is 44.2 Å². The van der Waals surface area contributed by atoms with Crippen molar-refractivity contribution in [1.29, 1.82) is 0 Å². The normalized spacial score (nSPS) is 31.7. The molecule has 0 saturated heterocycles. The first-order valence-electron chi connectivity index (χ1n) is 9.99. The highest BCUT2D eigenvalue weighted by atomic mass is 16.2. The van der Waals surface area contributed by atoms with Crippen molar-refractivity contribution in [1.82, 2.24) is 15.3 Å². The molecular formula is C20H31N5O. The molecule has 0 atom stereocenters. The van der Waals surface area contributed by atoms with Gasteiger partial charge < -0.3 is 15.5 Å². The molecule has 0 spiro atoms. The fraction of sp³-hybridized carbons (Fsp3) is 0.750. The van der Waals surface area contributed by atoms with Crippen molar-refractivity contribution in [2.24, 2.45) is 23.2 Å². The molecule has 5 rings (SSSR count). The molecule has 4 saturated carbocycles. The van der Waals surface area contributed by atoms with Crippen LogP contribution in [0.3, 0.4) is 0 Å². The number of nitrogens with one attached hydrogen (secondary N) is 2. The zero-order valence-electron chi connectivity index (χ0n) is 16.2. The van der Waals surface area contributed by atoms with Crippen LogP contribution in [0.2, 0.25) is 0 Å². The molecule has 1 heterocycles. The second-order valence-electron chi connectivity index (χ2n) is 8.97. The second kappa shape index (κ2) is 6.71. The molecule has 4 aliphatic carbocycles. The lowest BCUT2D eigenvalue weighted by atomic mass is 9.49. The van der Waals surface area contributed by atoms with Gasteiger partial charge in [-0.25, -0.2) is 4.98 Å². The number of aryl methyl sites for hydroxylation is 1. The van der Waals surface area contributed by atoms with E-state index in [0.29, 0.717) is 19.0 Å². The smallest absolute Gasteiger partial charge is 0.226 e. The van der Waals surface area contributed by atoms with E-state index in [9.17, 15) is 4.79 Å². The summed E-state index contributed by atoms with van der Waals surface area (Å²) in [6.45, 7) is 3.23. The summed E-state index contributed by atoms with van der Waals surface area (Å²) in [5.41, 5.74) is 0.871. The summed E-state index contributed by atoms with van der Waals surface area (Å²) in [6.07, 6.45) is 7.45. The summed E-state index contributed by atoms with van der Waals surface area (Å²) in [7, 11) is 3.94. The Morgan fingerprint density at radius 3 is 2.31 bits per heavy atom. The molecule has 0 unspecified atom stereocenters. The highest BCUT2D eigenvalue weighted by Gasteiger charge is 2.54. The van der Waals surface area contributed by atoms with Crippen LogP contribution in [-0.2, 0) is 4.79 Å². The summed E-state index contributed by atoms with van der Waals surface area (Å²) < 4.78 is 0. The number of aromatic nitrogens is 2. The molecule has 6 nitrogen and oxygen atoms in total. The average molecular weight is 358 g/mol. The topological polar surface area (TPSA) is 70.2 Å². The first kappa shape index (κ1) is 17.6. The van der Waals surface area contributed by atoms with Crippen LogP contribution in [0.15, 0.2) is 6.07 Å². The van der Waals surface area contributed by atoms with Crippen LogP contribution in [0.25, 0.3) is 0 Å². The molecule has 4 fully saturated rings. The fourth-order valence-electron chi connectivity index (χ4n) is 5.79. The molecule has 6 heteroatoms. The predicted molar refractivity (Wildman–Crippen MR) is 103 cm³/mol. The van der Waals surface area contributed by atoms with E-state index in [1.807, 2.05) is 32.0 Å². The van der Waals surface area contributed by atoms with E-state index in [2.05, 4.69) is 20.6 Å². The maximum Gasteiger partial charge on any atom is 0.226 e. The van der Waals surface area contributed by atoms with Gasteiger partial charge in [0, 0.05) is 44.4 Å². The minimum Gasteiger partial charge on any atom is -0.363 e. The number of nitrogens with zero attached hydrogens (tertiary/aromatic N) is 3. The zero-order chi connectivity index (χ0) is 18.3. The first-order valence-corrected chi connectivity index (χ1v) is 9.99. The highest BCUT2D eigenvalue weighted by molar-refractivity contribution is 5.83. The van der Waals surface area contributed by atoms with Gasteiger partial charge in [-0.3, -0.25) is 4.79 Å². The molecule has 4 aliphatic rings. The van der Waals surface area contributed by atoms with Gasteiger partial charge in [-0.15, -0.1) is 0 Å². The van der Waals surface area contributed by atoms with E-state index in [4.69, 9.17) is 0 Å². The van der Waals surface area contributed by atoms with Crippen LogP contribution in [0, 0.1) is 30.1 Å². The second-order valence-corrected chi connectivity index (χ2v) is 8.97. The Morgan fingerprint density at radius 1 is 1.12 bits per heavy atom. The molecule has 142 valence electrons. The third kappa shape index (κ3) is 3.38. The first-order chi connectivity index (χ1) is 12.4. The van der Waals surface area contributed by atoms with Gasteiger partial charge in [0.1, 0.15) is 5.82 Å². The highest BCUT2D eigenvalue weighted by Crippen LogP contribution is 2.60. The van der Waals surface area contributed by atoms with Gasteiger partial charge in [-0.2, -0.15) is 4.98 Å². The summed E-state index contributed by atoms with van der Waals surface area (Å²) in [5.74, 6) is 4.20. The predicted octanol–water partition coefficient (Wildman–Crippen LogP) is 2.60. The monoisotopic (exact) mass is 357 g/mol. The lowest BCUT2D eigenvalue weighted by Gasteiger charge is -2.55. The molecule has 1 amide bonds. The number of rotatable bonds is 6. The number of hydrogen-bond acceptors (Lipinski definition) is 5. The Morgan fingerprint density at radius 2 is 1.73 bits per heavy atom. The summed E-state index contributed by atoms with van der Waals surface area (Å²) >= 11 is 0. The molecule has 1 aromatic heterocycles. The maximum atomic E-state index is 12.9. The van der Waals surface area contributed by atoms with E-state index < -0.39 is 0 Å². The third-order valence-corrected chi connectivity index (χ3v) is 6.51. The number of anilines is 2. The van der Waals surface area contributed by atoms with Gasteiger partial charge in [-0.1, -0.05) is 0 Å². The van der Waals surface area contributed by atoms with Crippen LogP contribution in [0.5, 0.6) is 0 Å². The SMILES string of the molecule is Cc1cc(N(C)C)nc(NCCNC(=O)C23CC4CC(CC(C4)C2)C3)n1. The molecule has 0 radical (unpaired) electrons. The lowest BCUT2D eigenvalue weighted by Crippen LogP contribution is -2.54. The molecule has 1 aromatic rings. The number of hydrogen-bond donors (Lipinski definition) is 2. The third-order valence-electron chi connectivity index (χ3n) is 6.51. The summed E-state index contributed by atoms with van der Waals surface area (Å²) in [6, 6.07) is 1.96. The van der Waals surface area contributed by atoms with Crippen molar-refractivity contribution in [2.45, 2.75) is 45.4 Å². The van der Waals surface area contributed by atoms with Gasteiger partial charge in [-0.05, 0) is 63.2 Å². The van der Waals surface area contributed by atoms with Crippen molar-refractivity contribution >= 4 is 17.7 Å². The van der Waals surface area contributed by atoms with Crippen LogP contribution >= 0.6 is 0 Å². The van der Waals surface area contributed by atoms with E-state index in [-0.39, 0.29) is 11.3 Å². The Kier molecular flexibility index (Phi) is 4.53. The van der Waals surface area contributed by atoms with Crippen molar-refractivity contribution in [3.8, 4) is 0 Å². The van der Waals surface area contributed by atoms with E-state index >= 15 is 0 Å². The Labute approximate surface area is 156 Å². The standard InChI is InChI=1S/C20H31N5O/c1-13-6-17(25(2)3)24-19(23-13)22-5-4-21-18(26)20-10-14-7-15(11-20)9-16(8-14)12-20/h6,14-16H,4-5,7-12H2,1-3H3,(H,21,26)(H,22,23,24). The van der Waals surface area contributed by atoms with Gasteiger partial charge in [0.2, 0.25) is 11.9 Å². The van der Waals surface area contributed by atoms with Crippen molar-refractivity contribution in [3.05, 3.63) is 11.8 Å². The van der Waals surface area contributed by atoms with Crippen molar-refractivity contribution in [2.75, 3.05) is 37.4 Å². The number of carbonyl (C=O) groups excluding carboxylic acids is 1. The molecule has 2 N–H and O–H groups in total. The minimum atomic E-state index is -0.0628. The van der Waals surface area contributed by atoms with Crippen LogP contribution in [0.4, 0.5) is 11.8 Å². The van der Waals surface area contributed by atoms with E-state index in [0.717, 1.165) is 48.5 Å². The van der Waals surface area contributed by atoms with Gasteiger partial charge in [0.05, 0.1) is 0 Å². The lowest BCUT2D eigenvalue weighted by molar-refractivity contribution is -0.146. The van der Waals surface area contributed by atoms with Crippen LogP contribution in [-0.4, -0.2) is 43.1 Å². The summed E-state index contributed by atoms with van der Waals surface area (Å²) in [4.78, 5) is 23.8. The Balaban J connectivity index is 1.29. The van der Waals surface area contributed by atoms with Crippen LogP contribution < -0.4 is 15.5 Å². The van der Waals surface area contributed by atoms with Crippen molar-refractivity contribution < 1.29 is 4.79 Å². The Bertz CT molecular complexity index is 651. The Hall–Kier alpha value is -1.85. The van der Waals surface area contributed by atoms with Crippen molar-refractivity contribution in [3.63, 3.8) is 0 Å². The zero-order valence-corrected chi connectivity index (χ0v) is 16.2. The molecule has 0 aromatic carbocycles. The van der Waals surface area contributed by atoms with Gasteiger partial charge in [0.15, 0.2) is 0 Å². The van der Waals surface area contributed by atoms with Gasteiger partial charge in [0.25, 0.3) is 0 Å². The molecular weight excluding hydrogens is 326 g/mol. The minimum absolute atomic E-state index is 0.0628. The van der Waals surface area contributed by atoms with Gasteiger partial charge >= 0.3 is 0 Å². The molecule has 4 bridgehead atoms. The fourth-order valence-corrected chi connectivity index (χ4v) is 5.79. The largest absolute Gasteiger partial charge is 0.363 e. The number of amides is 1. The van der Waals surface area contributed by atoms with E-state index in [1.165, 1.54) is 19.3 Å². The molecule has 26 heavy (non-hydrogen) atoms. The maximum absolute atomic E-state index is 12.9. The summed E-state index contributed by atoms with van der Waals surface area (Å²) in [5, 5.41) is 6.44. The average Bonchev–Trinajstić information content (AvgIpc) is 2.56. The number of carbonyl (C=O) groups is 1. The quantitative estimate of drug-likeness (QED) is 0.766. The molecule has 0 aliphatic heterocycles.